The maximum absolute atomic E-state index is 15.0. The zero-order valence-corrected chi connectivity index (χ0v) is 27.2. The Bertz CT molecular complexity index is 1720. The van der Waals surface area contributed by atoms with Gasteiger partial charge in [0.25, 0.3) is 10.0 Å². The summed E-state index contributed by atoms with van der Waals surface area (Å²) in [6.07, 6.45) is 0.761. The van der Waals surface area contributed by atoms with Crippen molar-refractivity contribution in [3.05, 3.63) is 130 Å². The van der Waals surface area contributed by atoms with Crippen LogP contribution in [0.3, 0.4) is 0 Å². The van der Waals surface area contributed by atoms with Gasteiger partial charge in [-0.2, -0.15) is 0 Å². The maximum atomic E-state index is 15.0. The molecule has 0 fully saturated rings. The average Bonchev–Trinajstić information content (AvgIpc) is 3.02. The van der Waals surface area contributed by atoms with E-state index in [0.717, 1.165) is 9.87 Å². The van der Waals surface area contributed by atoms with Crippen LogP contribution in [0.15, 0.2) is 108 Å². The van der Waals surface area contributed by atoms with Crippen LogP contribution < -0.4 is 9.62 Å². The smallest absolute Gasteiger partial charge is 0.264 e. The minimum Gasteiger partial charge on any atom is -0.352 e. The van der Waals surface area contributed by atoms with E-state index in [1.54, 1.807) is 18.2 Å². The Kier molecular flexibility index (Phi) is 11.6. The Morgan fingerprint density at radius 2 is 1.53 bits per heavy atom. The van der Waals surface area contributed by atoms with Crippen molar-refractivity contribution in [3.63, 3.8) is 0 Å². The molecule has 0 aliphatic rings. The monoisotopic (exact) mass is 669 g/mol. The third-order valence-electron chi connectivity index (χ3n) is 7.35. The second-order valence-corrected chi connectivity index (χ2v) is 13.3. The normalized spacial score (nSPS) is 12.6. The standard InChI is InChI=1S/C34H34Cl2FN3O4S/c1-3-24(2)38-34(42)32(20-25-10-5-4-6-11-25)39(22-26-12-7-8-15-31(26)37)33(41)23-40(29-14-9-13-28(36)21-29)45(43,44)30-18-16-27(35)17-19-30/h4-19,21,24,32H,3,20,22-23H2,1-2H3,(H,38,42)/t24-,32+/m1/s1. The van der Waals surface area contributed by atoms with Crippen molar-refractivity contribution in [2.24, 2.45) is 0 Å². The van der Waals surface area contributed by atoms with Crippen LogP contribution in [0, 0.1) is 5.82 Å². The molecule has 1 N–H and O–H groups in total. The lowest BCUT2D eigenvalue weighted by atomic mass is 10.0. The SMILES string of the molecule is CC[C@@H](C)NC(=O)[C@H](Cc1ccccc1)N(Cc1ccccc1F)C(=O)CN(c1cccc(Cl)c1)S(=O)(=O)c1ccc(Cl)cc1. The molecule has 2 atom stereocenters. The second kappa shape index (κ2) is 15.4. The van der Waals surface area contributed by atoms with Gasteiger partial charge in [-0.25, -0.2) is 12.8 Å². The van der Waals surface area contributed by atoms with Crippen molar-refractivity contribution in [2.45, 2.75) is 50.2 Å². The number of hydrogen-bond donors (Lipinski definition) is 1. The number of amides is 2. The minimum absolute atomic E-state index is 0.101. The molecule has 0 saturated heterocycles. The number of hydrogen-bond acceptors (Lipinski definition) is 4. The number of nitrogens with zero attached hydrogens (tertiary/aromatic N) is 2. The molecule has 0 bridgehead atoms. The van der Waals surface area contributed by atoms with E-state index in [2.05, 4.69) is 5.32 Å². The second-order valence-electron chi connectivity index (χ2n) is 10.6. The Balaban J connectivity index is 1.82. The van der Waals surface area contributed by atoms with Gasteiger partial charge in [0.2, 0.25) is 11.8 Å². The van der Waals surface area contributed by atoms with Crippen LogP contribution in [0.5, 0.6) is 0 Å². The molecular formula is C34H34Cl2FN3O4S. The molecule has 0 radical (unpaired) electrons. The number of rotatable bonds is 13. The van der Waals surface area contributed by atoms with E-state index in [1.807, 2.05) is 44.2 Å². The Hall–Kier alpha value is -3.92. The van der Waals surface area contributed by atoms with Gasteiger partial charge in [0, 0.05) is 34.6 Å². The summed E-state index contributed by atoms with van der Waals surface area (Å²) in [5.74, 6) is -1.71. The maximum Gasteiger partial charge on any atom is 0.264 e. The summed E-state index contributed by atoms with van der Waals surface area (Å²) >= 11 is 12.3. The largest absolute Gasteiger partial charge is 0.352 e. The van der Waals surface area contributed by atoms with Crippen molar-refractivity contribution in [3.8, 4) is 0 Å². The van der Waals surface area contributed by atoms with E-state index in [4.69, 9.17) is 23.2 Å². The Labute approximate surface area is 273 Å². The van der Waals surface area contributed by atoms with E-state index < -0.39 is 40.2 Å². The first-order valence-corrected chi connectivity index (χ1v) is 16.6. The molecule has 11 heteroatoms. The lowest BCUT2D eigenvalue weighted by Gasteiger charge is -2.34. The first-order valence-electron chi connectivity index (χ1n) is 14.4. The molecule has 0 aliphatic heterocycles. The van der Waals surface area contributed by atoms with Crippen LogP contribution >= 0.6 is 23.2 Å². The number of carbonyl (C=O) groups excluding carboxylic acids is 2. The number of carbonyl (C=O) groups is 2. The summed E-state index contributed by atoms with van der Waals surface area (Å²) in [5, 5.41) is 3.55. The molecule has 4 rings (SSSR count). The third-order valence-corrected chi connectivity index (χ3v) is 9.62. The molecule has 7 nitrogen and oxygen atoms in total. The van der Waals surface area contributed by atoms with E-state index in [1.165, 1.54) is 59.5 Å². The van der Waals surface area contributed by atoms with Gasteiger partial charge in [-0.05, 0) is 67.4 Å². The molecule has 2 amide bonds. The molecule has 0 aliphatic carbocycles. The van der Waals surface area contributed by atoms with Crippen LogP contribution in [0.25, 0.3) is 0 Å². The summed E-state index contributed by atoms with van der Waals surface area (Å²) in [4.78, 5) is 29.4. The highest BCUT2D eigenvalue weighted by Crippen LogP contribution is 2.28. The fourth-order valence-corrected chi connectivity index (χ4v) is 6.42. The van der Waals surface area contributed by atoms with Gasteiger partial charge in [0.15, 0.2) is 0 Å². The highest BCUT2D eigenvalue weighted by Gasteiger charge is 2.35. The molecule has 0 saturated carbocycles. The average molecular weight is 671 g/mol. The minimum atomic E-state index is -4.33. The van der Waals surface area contributed by atoms with Gasteiger partial charge in [-0.15, -0.1) is 0 Å². The summed E-state index contributed by atoms with van der Waals surface area (Å²) < 4.78 is 44.0. The van der Waals surface area contributed by atoms with Crippen molar-refractivity contribution in [1.82, 2.24) is 10.2 Å². The predicted molar refractivity (Wildman–Crippen MR) is 176 cm³/mol. The van der Waals surface area contributed by atoms with E-state index in [0.29, 0.717) is 11.4 Å². The molecule has 0 unspecified atom stereocenters. The first kappa shape index (κ1) is 34.0. The van der Waals surface area contributed by atoms with Crippen LogP contribution in [0.1, 0.15) is 31.4 Å². The van der Waals surface area contributed by atoms with Gasteiger partial charge in [0.05, 0.1) is 10.6 Å². The van der Waals surface area contributed by atoms with Crippen molar-refractivity contribution in [2.75, 3.05) is 10.8 Å². The zero-order valence-electron chi connectivity index (χ0n) is 24.9. The summed E-state index contributed by atoms with van der Waals surface area (Å²) in [6, 6.07) is 25.5. The molecule has 0 heterocycles. The lowest BCUT2D eigenvalue weighted by Crippen LogP contribution is -2.54. The molecule has 236 valence electrons. The van der Waals surface area contributed by atoms with Gasteiger partial charge in [-0.3, -0.25) is 13.9 Å². The molecule has 0 spiro atoms. The van der Waals surface area contributed by atoms with E-state index in [-0.39, 0.29) is 40.2 Å². The lowest BCUT2D eigenvalue weighted by molar-refractivity contribution is -0.140. The number of benzene rings is 4. The van der Waals surface area contributed by atoms with E-state index in [9.17, 15) is 18.0 Å². The highest BCUT2D eigenvalue weighted by molar-refractivity contribution is 7.92. The van der Waals surface area contributed by atoms with Crippen LogP contribution in [0.2, 0.25) is 10.0 Å². The topological polar surface area (TPSA) is 86.8 Å². The van der Waals surface area contributed by atoms with Crippen LogP contribution in [-0.2, 0) is 32.6 Å². The van der Waals surface area contributed by atoms with E-state index >= 15 is 4.39 Å². The predicted octanol–water partition coefficient (Wildman–Crippen LogP) is 6.88. The number of anilines is 1. The summed E-state index contributed by atoms with van der Waals surface area (Å²) in [6.45, 7) is 2.80. The Morgan fingerprint density at radius 3 is 2.18 bits per heavy atom. The van der Waals surface area contributed by atoms with Crippen molar-refractivity contribution < 1.29 is 22.4 Å². The number of sulfonamides is 1. The van der Waals surface area contributed by atoms with Crippen molar-refractivity contribution >= 4 is 50.7 Å². The molecule has 4 aromatic carbocycles. The molecule has 4 aromatic rings. The fourth-order valence-electron chi connectivity index (χ4n) is 4.70. The zero-order chi connectivity index (χ0) is 32.6. The van der Waals surface area contributed by atoms with Gasteiger partial charge in [-0.1, -0.05) is 84.7 Å². The quantitative estimate of drug-likeness (QED) is 0.168. The summed E-state index contributed by atoms with van der Waals surface area (Å²) in [7, 11) is -4.33. The van der Waals surface area contributed by atoms with Gasteiger partial charge in [0.1, 0.15) is 18.4 Å². The highest BCUT2D eigenvalue weighted by atomic mass is 35.5. The fraction of sp³-hybridized carbons (Fsp3) is 0.235. The molecular weight excluding hydrogens is 636 g/mol. The molecule has 0 aromatic heterocycles. The summed E-state index contributed by atoms with van der Waals surface area (Å²) in [5.41, 5.74) is 1.09. The third kappa shape index (κ3) is 8.84. The Morgan fingerprint density at radius 1 is 0.867 bits per heavy atom. The van der Waals surface area contributed by atoms with Gasteiger partial charge < -0.3 is 10.2 Å². The number of halogens is 3. The van der Waals surface area contributed by atoms with Crippen LogP contribution in [0.4, 0.5) is 10.1 Å². The first-order chi connectivity index (χ1) is 21.5. The number of nitrogens with one attached hydrogen (secondary N) is 1. The molecule has 45 heavy (non-hydrogen) atoms. The van der Waals surface area contributed by atoms with Crippen molar-refractivity contribution in [1.29, 1.82) is 0 Å². The van der Waals surface area contributed by atoms with Crippen LogP contribution in [-0.4, -0.2) is 43.8 Å². The van der Waals surface area contributed by atoms with Gasteiger partial charge >= 0.3 is 0 Å².